The maximum Gasteiger partial charge on any atom is 0.400 e. The quantitative estimate of drug-likeness (QED) is 0.390. The first-order valence-corrected chi connectivity index (χ1v) is 12.2. The number of halogens is 2. The average molecular weight is 468 g/mol. The molecule has 0 aliphatic heterocycles. The molecule has 0 bridgehead atoms. The second-order valence-corrected chi connectivity index (χ2v) is 11.0. The molecule has 158 valence electrons. The van der Waals surface area contributed by atoms with Crippen molar-refractivity contribution in [2.24, 2.45) is 5.73 Å². The maximum atomic E-state index is 14.3. The molecule has 1 aromatic carbocycles. The smallest absolute Gasteiger partial charge is 0.400 e. The molecule has 1 aromatic heterocycles. The van der Waals surface area contributed by atoms with Gasteiger partial charge in [-0.15, -0.1) is 11.3 Å². The summed E-state index contributed by atoms with van der Waals surface area (Å²) in [7, 11) is -9.22. The number of sulfone groups is 1. The first-order valence-electron chi connectivity index (χ1n) is 7.74. The summed E-state index contributed by atoms with van der Waals surface area (Å²) in [4.78, 5) is 28.4. The number of benzene rings is 1. The van der Waals surface area contributed by atoms with E-state index in [-0.39, 0.29) is 51.5 Å². The van der Waals surface area contributed by atoms with Gasteiger partial charge in [0.05, 0.1) is 22.6 Å². The van der Waals surface area contributed by atoms with Crippen LogP contribution in [0.5, 0.6) is 5.75 Å². The molecule has 0 aliphatic carbocycles. The third-order valence-electron chi connectivity index (χ3n) is 3.71. The highest BCUT2D eigenvalue weighted by molar-refractivity contribution is 7.90. The van der Waals surface area contributed by atoms with Crippen LogP contribution in [-0.4, -0.2) is 42.7 Å². The summed E-state index contributed by atoms with van der Waals surface area (Å²) in [5.74, 6) is -1.30. The van der Waals surface area contributed by atoms with Gasteiger partial charge in [-0.25, -0.2) is 8.42 Å². The minimum absolute atomic E-state index is 0.0586. The monoisotopic (exact) mass is 468 g/mol. The van der Waals surface area contributed by atoms with Gasteiger partial charge in [0.25, 0.3) is 0 Å². The van der Waals surface area contributed by atoms with Gasteiger partial charge in [0.2, 0.25) is 5.91 Å². The van der Waals surface area contributed by atoms with E-state index in [2.05, 4.69) is 0 Å². The highest BCUT2D eigenvalue weighted by atomic mass is 32.2. The van der Waals surface area contributed by atoms with E-state index in [1.54, 1.807) is 0 Å². The van der Waals surface area contributed by atoms with E-state index in [0.29, 0.717) is 0 Å². The number of primary amides is 1. The Kier molecular flexibility index (Phi) is 6.37. The molecular formula is C15H15F2N2O7PS2. The van der Waals surface area contributed by atoms with Crippen LogP contribution in [0.2, 0.25) is 0 Å². The lowest BCUT2D eigenvalue weighted by atomic mass is 10.1. The number of rotatable bonds is 8. The van der Waals surface area contributed by atoms with Crippen molar-refractivity contribution in [2.45, 2.75) is 12.1 Å². The average Bonchev–Trinajstić information content (AvgIpc) is 2.95. The summed E-state index contributed by atoms with van der Waals surface area (Å²) in [6.45, 7) is -0.158. The summed E-state index contributed by atoms with van der Waals surface area (Å²) < 4.78 is 67.5. The first kappa shape index (κ1) is 23.2. The number of nitriles is 1. The number of amides is 1. The minimum atomic E-state index is -5.95. The summed E-state index contributed by atoms with van der Waals surface area (Å²) in [6, 6.07) is 3.66. The van der Waals surface area contributed by atoms with E-state index in [1.807, 2.05) is 0 Å². The summed E-state index contributed by atoms with van der Waals surface area (Å²) in [6.07, 6.45) is 1.08. The first-order chi connectivity index (χ1) is 13.2. The Labute approximate surface area is 167 Å². The molecule has 0 aliphatic rings. The predicted octanol–water partition coefficient (Wildman–Crippen LogP) is 1.91. The van der Waals surface area contributed by atoms with Gasteiger partial charge in [-0.05, 0) is 18.6 Å². The van der Waals surface area contributed by atoms with Crippen molar-refractivity contribution < 1.29 is 41.1 Å². The van der Waals surface area contributed by atoms with Crippen LogP contribution in [0.1, 0.15) is 27.2 Å². The van der Waals surface area contributed by atoms with Gasteiger partial charge in [0.1, 0.15) is 26.5 Å². The van der Waals surface area contributed by atoms with Crippen LogP contribution in [0.25, 0.3) is 10.1 Å². The van der Waals surface area contributed by atoms with Crippen molar-refractivity contribution in [3.8, 4) is 11.8 Å². The Morgan fingerprint density at radius 1 is 1.41 bits per heavy atom. The number of nitrogens with two attached hydrogens (primary N) is 1. The van der Waals surface area contributed by atoms with Gasteiger partial charge in [-0.1, -0.05) is 0 Å². The van der Waals surface area contributed by atoms with Crippen LogP contribution < -0.4 is 10.5 Å². The molecule has 0 unspecified atom stereocenters. The number of alkyl halides is 2. The zero-order valence-corrected chi connectivity index (χ0v) is 17.3. The van der Waals surface area contributed by atoms with Crippen molar-refractivity contribution in [1.82, 2.24) is 0 Å². The van der Waals surface area contributed by atoms with E-state index < -0.39 is 39.4 Å². The fourth-order valence-corrected chi connectivity index (χ4v) is 4.96. The number of thiophene rings is 1. The molecule has 29 heavy (non-hydrogen) atoms. The molecular weight excluding hydrogens is 453 g/mol. The molecule has 4 N–H and O–H groups in total. The maximum absolute atomic E-state index is 14.3. The Morgan fingerprint density at radius 3 is 2.52 bits per heavy atom. The van der Waals surface area contributed by atoms with Crippen LogP contribution in [0.15, 0.2) is 12.1 Å². The fourth-order valence-electron chi connectivity index (χ4n) is 2.38. The number of carbonyl (C=O) groups excluding carboxylic acids is 1. The molecule has 2 rings (SSSR count). The van der Waals surface area contributed by atoms with Gasteiger partial charge >= 0.3 is 13.3 Å². The molecule has 0 saturated carbocycles. The summed E-state index contributed by atoms with van der Waals surface area (Å²) >= 11 is 0.233. The molecule has 9 nitrogen and oxygen atoms in total. The SMILES string of the molecule is CS(=O)(=O)CCCOc1cc(C(N)=O)cc2c(C#N)c(C(F)(F)P(=O)(O)O)sc12. The molecule has 0 spiro atoms. The lowest BCUT2D eigenvalue weighted by molar-refractivity contribution is 0.0599. The van der Waals surface area contributed by atoms with Crippen LogP contribution in [0.3, 0.4) is 0 Å². The lowest BCUT2D eigenvalue weighted by Crippen LogP contribution is -2.13. The van der Waals surface area contributed by atoms with Crippen LogP contribution >= 0.6 is 18.9 Å². The van der Waals surface area contributed by atoms with E-state index in [1.165, 1.54) is 6.07 Å². The van der Waals surface area contributed by atoms with Crippen LogP contribution in [0, 0.1) is 11.3 Å². The third-order valence-corrected chi connectivity index (χ3v) is 7.13. The molecule has 2 aromatic rings. The van der Waals surface area contributed by atoms with Gasteiger partial charge < -0.3 is 20.3 Å². The molecule has 14 heteroatoms. The Balaban J connectivity index is 2.64. The second kappa shape index (κ2) is 7.97. The van der Waals surface area contributed by atoms with Crippen molar-refractivity contribution in [2.75, 3.05) is 18.6 Å². The Hall–Kier alpha value is -2.10. The number of nitrogens with zero attached hydrogens (tertiary/aromatic N) is 1. The van der Waals surface area contributed by atoms with Crippen molar-refractivity contribution >= 4 is 44.8 Å². The Bertz CT molecular complexity index is 1170. The fraction of sp³-hybridized carbons (Fsp3) is 0.333. The van der Waals surface area contributed by atoms with Crippen LogP contribution in [0.4, 0.5) is 8.78 Å². The van der Waals surface area contributed by atoms with Gasteiger partial charge in [-0.3, -0.25) is 9.36 Å². The molecule has 0 radical (unpaired) electrons. The van der Waals surface area contributed by atoms with E-state index in [4.69, 9.17) is 20.3 Å². The number of fused-ring (bicyclic) bond motifs is 1. The number of carbonyl (C=O) groups is 1. The van der Waals surface area contributed by atoms with Crippen molar-refractivity contribution in [1.29, 1.82) is 5.26 Å². The van der Waals surface area contributed by atoms with Crippen molar-refractivity contribution in [3.05, 3.63) is 28.1 Å². The van der Waals surface area contributed by atoms with Gasteiger partial charge in [0, 0.05) is 17.2 Å². The minimum Gasteiger partial charge on any atom is -0.492 e. The predicted molar refractivity (Wildman–Crippen MR) is 101 cm³/mol. The highest BCUT2D eigenvalue weighted by Gasteiger charge is 2.53. The lowest BCUT2D eigenvalue weighted by Gasteiger charge is -2.16. The van der Waals surface area contributed by atoms with E-state index in [9.17, 15) is 31.8 Å². The largest absolute Gasteiger partial charge is 0.492 e. The zero-order valence-electron chi connectivity index (χ0n) is 14.8. The van der Waals surface area contributed by atoms with E-state index in [0.717, 1.165) is 18.4 Å². The highest BCUT2D eigenvalue weighted by Crippen LogP contribution is 2.62. The number of hydrogen-bond donors (Lipinski definition) is 3. The second-order valence-electron chi connectivity index (χ2n) is 6.05. The Morgan fingerprint density at radius 2 is 2.03 bits per heavy atom. The zero-order chi connectivity index (χ0) is 22.2. The normalized spacial score (nSPS) is 12.7. The third kappa shape index (κ3) is 4.91. The van der Waals surface area contributed by atoms with Crippen LogP contribution in [-0.2, 0) is 20.1 Å². The van der Waals surface area contributed by atoms with Crippen molar-refractivity contribution in [3.63, 3.8) is 0 Å². The molecule has 0 saturated heterocycles. The molecule has 1 amide bonds. The van der Waals surface area contributed by atoms with Gasteiger partial charge in [0.15, 0.2) is 0 Å². The number of ether oxygens (including phenoxy) is 1. The topological polar surface area (TPSA) is 168 Å². The van der Waals surface area contributed by atoms with Gasteiger partial charge in [-0.2, -0.15) is 14.0 Å². The molecule has 1 heterocycles. The number of hydrogen-bond acceptors (Lipinski definition) is 7. The van der Waals surface area contributed by atoms with E-state index >= 15 is 0 Å². The summed E-state index contributed by atoms with van der Waals surface area (Å²) in [5, 5.41) is 9.12. The molecule has 0 fully saturated rings. The standard InChI is InChI=1S/C15H15F2N2O7PS2/c1-29(24,25)4-2-3-26-11-6-8(14(19)20)5-9-10(7-18)13(28-12(9)11)15(16,17)27(21,22)23/h5-6H,2-4H2,1H3,(H2,19,20)(H2,21,22,23). The summed E-state index contributed by atoms with van der Waals surface area (Å²) in [5.41, 5.74) is -0.328. The molecule has 0 atom stereocenters.